The third-order valence-corrected chi connectivity index (χ3v) is 5.95. The molecule has 2 aromatic rings. The highest BCUT2D eigenvalue weighted by Crippen LogP contribution is 2.31. The van der Waals surface area contributed by atoms with E-state index in [1.54, 1.807) is 29.2 Å². The molecule has 0 saturated carbocycles. The monoisotopic (exact) mass is 411 g/mol. The van der Waals surface area contributed by atoms with Crippen molar-refractivity contribution in [3.63, 3.8) is 0 Å². The zero-order chi connectivity index (χ0) is 20.6. The lowest BCUT2D eigenvalue weighted by Gasteiger charge is -2.37. The lowest BCUT2D eigenvalue weighted by Crippen LogP contribution is -2.55. The Morgan fingerprint density at radius 1 is 1.03 bits per heavy atom. The minimum atomic E-state index is -0.923. The Morgan fingerprint density at radius 2 is 1.66 bits per heavy atom. The molecule has 2 saturated heterocycles. The molecule has 0 unspecified atom stereocenters. The third kappa shape index (κ3) is 3.72. The SMILES string of the molecule is Cc1ccc(C(=O)N2CCC3(CC2)NC(=O)N(Cc2ccc(Cl)cc2)C3=O)cc1. The summed E-state index contributed by atoms with van der Waals surface area (Å²) in [5.74, 6) is -0.269. The summed E-state index contributed by atoms with van der Waals surface area (Å²) >= 11 is 5.90. The number of piperidine rings is 1. The fourth-order valence-electron chi connectivity index (χ4n) is 3.90. The number of likely N-dealkylation sites (tertiary alicyclic amines) is 1. The Balaban J connectivity index is 1.43. The van der Waals surface area contributed by atoms with Crippen molar-refractivity contribution < 1.29 is 14.4 Å². The van der Waals surface area contributed by atoms with Crippen LogP contribution in [0.1, 0.15) is 34.3 Å². The molecule has 0 aliphatic carbocycles. The standard InChI is InChI=1S/C22H22ClN3O3/c1-15-2-6-17(7-3-15)19(27)25-12-10-22(11-13-25)20(28)26(21(29)24-22)14-16-4-8-18(23)9-5-16/h2-9H,10-14H2,1H3,(H,24,29). The molecular weight excluding hydrogens is 390 g/mol. The van der Waals surface area contributed by atoms with Crippen molar-refractivity contribution in [3.8, 4) is 0 Å². The lowest BCUT2D eigenvalue weighted by atomic mass is 9.87. The smallest absolute Gasteiger partial charge is 0.325 e. The minimum Gasteiger partial charge on any atom is -0.338 e. The fourth-order valence-corrected chi connectivity index (χ4v) is 4.03. The molecular formula is C22H22ClN3O3. The number of aryl methyl sites for hydroxylation is 1. The maximum Gasteiger partial charge on any atom is 0.325 e. The first-order valence-electron chi connectivity index (χ1n) is 9.62. The number of nitrogens with one attached hydrogen (secondary N) is 1. The summed E-state index contributed by atoms with van der Waals surface area (Å²) in [7, 11) is 0. The van der Waals surface area contributed by atoms with E-state index in [9.17, 15) is 14.4 Å². The molecule has 29 heavy (non-hydrogen) atoms. The molecule has 4 amide bonds. The number of urea groups is 1. The first-order valence-corrected chi connectivity index (χ1v) is 10.0. The van der Waals surface area contributed by atoms with Gasteiger partial charge in [0.05, 0.1) is 6.54 Å². The zero-order valence-corrected chi connectivity index (χ0v) is 16.9. The van der Waals surface area contributed by atoms with Crippen molar-refractivity contribution in [3.05, 3.63) is 70.2 Å². The van der Waals surface area contributed by atoms with Crippen molar-refractivity contribution in [1.82, 2.24) is 15.1 Å². The van der Waals surface area contributed by atoms with Crippen LogP contribution in [0.2, 0.25) is 5.02 Å². The predicted octanol–water partition coefficient (Wildman–Crippen LogP) is 3.38. The van der Waals surface area contributed by atoms with Crippen molar-refractivity contribution in [1.29, 1.82) is 0 Å². The fraction of sp³-hybridized carbons (Fsp3) is 0.318. The van der Waals surface area contributed by atoms with Gasteiger partial charge < -0.3 is 10.2 Å². The molecule has 1 spiro atoms. The summed E-state index contributed by atoms with van der Waals surface area (Å²) < 4.78 is 0. The van der Waals surface area contributed by atoms with Crippen LogP contribution in [-0.2, 0) is 11.3 Å². The summed E-state index contributed by atoms with van der Waals surface area (Å²) in [5, 5.41) is 3.49. The molecule has 150 valence electrons. The van der Waals surface area contributed by atoms with E-state index in [1.807, 2.05) is 31.2 Å². The average molecular weight is 412 g/mol. The lowest BCUT2D eigenvalue weighted by molar-refractivity contribution is -0.133. The molecule has 6 nitrogen and oxygen atoms in total. The topological polar surface area (TPSA) is 69.7 Å². The molecule has 2 aliphatic heterocycles. The van der Waals surface area contributed by atoms with Crippen molar-refractivity contribution >= 4 is 29.4 Å². The molecule has 0 radical (unpaired) electrons. The van der Waals surface area contributed by atoms with Gasteiger partial charge in [-0.25, -0.2) is 4.79 Å². The van der Waals surface area contributed by atoms with Crippen LogP contribution in [0, 0.1) is 6.92 Å². The van der Waals surface area contributed by atoms with E-state index < -0.39 is 5.54 Å². The number of carbonyl (C=O) groups excluding carboxylic acids is 3. The predicted molar refractivity (Wildman–Crippen MR) is 110 cm³/mol. The maximum atomic E-state index is 13.1. The molecule has 0 bridgehead atoms. The van der Waals surface area contributed by atoms with E-state index in [-0.39, 0.29) is 24.4 Å². The zero-order valence-electron chi connectivity index (χ0n) is 16.2. The van der Waals surface area contributed by atoms with Crippen molar-refractivity contribution in [2.24, 2.45) is 0 Å². The van der Waals surface area contributed by atoms with Crippen LogP contribution in [0.5, 0.6) is 0 Å². The van der Waals surface area contributed by atoms with Gasteiger partial charge in [0.15, 0.2) is 0 Å². The van der Waals surface area contributed by atoms with E-state index in [1.165, 1.54) is 4.90 Å². The summed E-state index contributed by atoms with van der Waals surface area (Å²) in [6.45, 7) is 3.03. The average Bonchev–Trinajstić information content (AvgIpc) is 2.94. The van der Waals surface area contributed by atoms with Gasteiger partial charge in [0.1, 0.15) is 5.54 Å². The van der Waals surface area contributed by atoms with Gasteiger partial charge in [0.2, 0.25) is 0 Å². The molecule has 2 aromatic carbocycles. The van der Waals surface area contributed by atoms with Crippen LogP contribution < -0.4 is 5.32 Å². The van der Waals surface area contributed by atoms with Crippen LogP contribution in [0.3, 0.4) is 0 Å². The van der Waals surface area contributed by atoms with Crippen LogP contribution in [-0.4, -0.2) is 46.3 Å². The summed E-state index contributed by atoms with van der Waals surface area (Å²) in [6, 6.07) is 14.1. The van der Waals surface area contributed by atoms with E-state index in [0.717, 1.165) is 11.1 Å². The summed E-state index contributed by atoms with van der Waals surface area (Å²) in [4.78, 5) is 41.3. The van der Waals surface area contributed by atoms with Gasteiger partial charge in [0, 0.05) is 23.7 Å². The summed E-state index contributed by atoms with van der Waals surface area (Å²) in [5.41, 5.74) is 1.65. The number of amides is 4. The quantitative estimate of drug-likeness (QED) is 0.787. The Bertz CT molecular complexity index is 948. The molecule has 2 heterocycles. The van der Waals surface area contributed by atoms with E-state index in [0.29, 0.717) is 36.5 Å². The Labute approximate surface area is 174 Å². The van der Waals surface area contributed by atoms with Crippen LogP contribution >= 0.6 is 11.6 Å². The van der Waals surface area contributed by atoms with Gasteiger partial charge in [-0.2, -0.15) is 0 Å². The normalized spacial score (nSPS) is 18.3. The Hall–Kier alpha value is -2.86. The van der Waals surface area contributed by atoms with Gasteiger partial charge in [-0.3, -0.25) is 14.5 Å². The van der Waals surface area contributed by atoms with E-state index >= 15 is 0 Å². The summed E-state index contributed by atoms with van der Waals surface area (Å²) in [6.07, 6.45) is 0.818. The van der Waals surface area contributed by atoms with E-state index in [4.69, 9.17) is 11.6 Å². The second-order valence-corrected chi connectivity index (χ2v) is 8.12. The highest BCUT2D eigenvalue weighted by molar-refractivity contribution is 6.30. The number of nitrogens with zero attached hydrogens (tertiary/aromatic N) is 2. The maximum absolute atomic E-state index is 13.1. The Morgan fingerprint density at radius 3 is 2.28 bits per heavy atom. The Kier molecular flexibility index (Phi) is 5.04. The molecule has 7 heteroatoms. The third-order valence-electron chi connectivity index (χ3n) is 5.70. The second kappa shape index (κ2) is 7.52. The number of carbonyl (C=O) groups is 3. The van der Waals surface area contributed by atoms with Crippen molar-refractivity contribution in [2.45, 2.75) is 31.8 Å². The molecule has 2 aliphatic rings. The van der Waals surface area contributed by atoms with Crippen LogP contribution in [0.15, 0.2) is 48.5 Å². The first-order chi connectivity index (χ1) is 13.9. The molecule has 0 atom stereocenters. The number of rotatable bonds is 3. The van der Waals surface area contributed by atoms with E-state index in [2.05, 4.69) is 5.32 Å². The van der Waals surface area contributed by atoms with Gasteiger partial charge in [-0.05, 0) is 49.6 Å². The molecule has 2 fully saturated rings. The molecule has 0 aromatic heterocycles. The largest absolute Gasteiger partial charge is 0.338 e. The second-order valence-electron chi connectivity index (χ2n) is 7.69. The van der Waals surface area contributed by atoms with Gasteiger partial charge in [-0.15, -0.1) is 0 Å². The van der Waals surface area contributed by atoms with Gasteiger partial charge in [-0.1, -0.05) is 41.4 Å². The highest BCUT2D eigenvalue weighted by atomic mass is 35.5. The number of halogens is 1. The number of imide groups is 1. The number of hydrogen-bond acceptors (Lipinski definition) is 3. The van der Waals surface area contributed by atoms with Gasteiger partial charge in [0.25, 0.3) is 11.8 Å². The molecule has 1 N–H and O–H groups in total. The first kappa shape index (κ1) is 19.5. The van der Waals surface area contributed by atoms with Crippen LogP contribution in [0.4, 0.5) is 4.79 Å². The van der Waals surface area contributed by atoms with Crippen molar-refractivity contribution in [2.75, 3.05) is 13.1 Å². The highest BCUT2D eigenvalue weighted by Gasteiger charge is 2.52. The minimum absolute atomic E-state index is 0.0466. The van der Waals surface area contributed by atoms with Gasteiger partial charge >= 0.3 is 6.03 Å². The molecule has 4 rings (SSSR count). The van der Waals surface area contributed by atoms with Crippen LogP contribution in [0.25, 0.3) is 0 Å². The number of benzene rings is 2. The number of hydrogen-bond donors (Lipinski definition) is 1.